The second kappa shape index (κ2) is 9.57. The number of halogens is 1. The first-order chi connectivity index (χ1) is 15.1. The molecular formula is C24H20FN3O2S. The lowest BCUT2D eigenvalue weighted by Gasteiger charge is -2.13. The molecule has 7 heteroatoms. The maximum Gasteiger partial charge on any atom is 0.266 e. The van der Waals surface area contributed by atoms with Crippen LogP contribution in [0.4, 0.5) is 4.39 Å². The number of carbonyl (C=O) groups excluding carboxylic acids is 1. The van der Waals surface area contributed by atoms with E-state index in [-0.39, 0.29) is 17.2 Å². The molecule has 1 amide bonds. The van der Waals surface area contributed by atoms with E-state index in [1.165, 1.54) is 40.6 Å². The van der Waals surface area contributed by atoms with Crippen molar-refractivity contribution in [1.82, 2.24) is 14.9 Å². The van der Waals surface area contributed by atoms with E-state index in [4.69, 9.17) is 0 Å². The molecule has 1 heterocycles. The van der Waals surface area contributed by atoms with Crippen molar-refractivity contribution >= 4 is 28.6 Å². The topological polar surface area (TPSA) is 64.0 Å². The fourth-order valence-electron chi connectivity index (χ4n) is 3.20. The summed E-state index contributed by atoms with van der Waals surface area (Å²) < 4.78 is 14.8. The molecule has 0 bridgehead atoms. The molecule has 0 saturated heterocycles. The van der Waals surface area contributed by atoms with E-state index in [1.807, 2.05) is 36.4 Å². The van der Waals surface area contributed by atoms with Gasteiger partial charge in [-0.05, 0) is 48.4 Å². The quantitative estimate of drug-likeness (QED) is 0.354. The smallest absolute Gasteiger partial charge is 0.266 e. The fraction of sp³-hybridized carbons (Fsp3) is 0.125. The zero-order valence-corrected chi connectivity index (χ0v) is 17.4. The van der Waals surface area contributed by atoms with Gasteiger partial charge in [-0.2, -0.15) is 0 Å². The molecule has 0 fully saturated rings. The van der Waals surface area contributed by atoms with Crippen LogP contribution in [0.25, 0.3) is 16.6 Å². The minimum atomic E-state index is -0.391. The van der Waals surface area contributed by atoms with Crippen molar-refractivity contribution in [2.24, 2.45) is 0 Å². The lowest BCUT2D eigenvalue weighted by molar-refractivity contribution is -0.118. The van der Waals surface area contributed by atoms with Crippen LogP contribution in [0.15, 0.2) is 88.8 Å². The summed E-state index contributed by atoms with van der Waals surface area (Å²) in [6.07, 6.45) is 0.742. The van der Waals surface area contributed by atoms with Crippen molar-refractivity contribution in [2.75, 3.05) is 12.3 Å². The second-order valence-electron chi connectivity index (χ2n) is 6.90. The summed E-state index contributed by atoms with van der Waals surface area (Å²) >= 11 is 1.18. The van der Waals surface area contributed by atoms with E-state index in [1.54, 1.807) is 18.2 Å². The zero-order valence-electron chi connectivity index (χ0n) is 16.6. The van der Waals surface area contributed by atoms with Crippen LogP contribution in [0.3, 0.4) is 0 Å². The number of benzene rings is 3. The predicted octanol–water partition coefficient (Wildman–Crippen LogP) is 3.98. The van der Waals surface area contributed by atoms with E-state index in [9.17, 15) is 14.0 Å². The number of aromatic nitrogens is 2. The summed E-state index contributed by atoms with van der Waals surface area (Å²) in [4.78, 5) is 30.1. The molecule has 0 aliphatic heterocycles. The number of nitrogens with one attached hydrogen (secondary N) is 1. The van der Waals surface area contributed by atoms with Crippen molar-refractivity contribution < 1.29 is 9.18 Å². The van der Waals surface area contributed by atoms with Crippen molar-refractivity contribution in [2.45, 2.75) is 11.6 Å². The SMILES string of the molecule is O=C(CSc1nc2ccccc2c(=O)n1-c1ccc(F)cc1)NCCc1ccccc1. The highest BCUT2D eigenvalue weighted by atomic mass is 32.2. The van der Waals surface area contributed by atoms with Gasteiger partial charge in [0.1, 0.15) is 5.82 Å². The molecule has 0 atom stereocenters. The third-order valence-electron chi connectivity index (χ3n) is 4.74. The highest BCUT2D eigenvalue weighted by molar-refractivity contribution is 7.99. The third-order valence-corrected chi connectivity index (χ3v) is 5.68. The van der Waals surface area contributed by atoms with Crippen LogP contribution in [0, 0.1) is 5.82 Å². The van der Waals surface area contributed by atoms with Crippen LogP contribution >= 0.6 is 11.8 Å². The Morgan fingerprint density at radius 2 is 1.68 bits per heavy atom. The number of rotatable bonds is 7. The Hall–Kier alpha value is -3.45. The number of nitrogens with zero attached hydrogens (tertiary/aromatic N) is 2. The van der Waals surface area contributed by atoms with Gasteiger partial charge in [-0.25, -0.2) is 9.37 Å². The summed E-state index contributed by atoms with van der Waals surface area (Å²) in [5.74, 6) is -0.424. The van der Waals surface area contributed by atoms with Crippen LogP contribution in [-0.2, 0) is 11.2 Å². The van der Waals surface area contributed by atoms with Gasteiger partial charge in [0.05, 0.1) is 22.3 Å². The molecule has 3 aromatic carbocycles. The minimum Gasteiger partial charge on any atom is -0.355 e. The van der Waals surface area contributed by atoms with E-state index in [0.29, 0.717) is 28.3 Å². The second-order valence-corrected chi connectivity index (χ2v) is 7.85. The average molecular weight is 434 g/mol. The first-order valence-corrected chi connectivity index (χ1v) is 10.8. The number of para-hydroxylation sites is 1. The van der Waals surface area contributed by atoms with Crippen molar-refractivity contribution in [3.05, 3.63) is 101 Å². The summed E-state index contributed by atoms with van der Waals surface area (Å²) in [6, 6.07) is 22.6. The summed E-state index contributed by atoms with van der Waals surface area (Å²) in [5.41, 5.74) is 1.94. The Morgan fingerprint density at radius 1 is 0.968 bits per heavy atom. The van der Waals surface area contributed by atoms with Gasteiger partial charge in [0.2, 0.25) is 5.91 Å². The van der Waals surface area contributed by atoms with Gasteiger partial charge in [0.15, 0.2) is 5.16 Å². The van der Waals surface area contributed by atoms with Crippen molar-refractivity contribution in [1.29, 1.82) is 0 Å². The lowest BCUT2D eigenvalue weighted by atomic mass is 10.1. The summed E-state index contributed by atoms with van der Waals surface area (Å²) in [5, 5.41) is 3.74. The standard InChI is InChI=1S/C24H20FN3O2S/c25-18-10-12-19(13-11-18)28-23(30)20-8-4-5-9-21(20)27-24(28)31-16-22(29)26-15-14-17-6-2-1-3-7-17/h1-13H,14-16H2,(H,26,29). The lowest BCUT2D eigenvalue weighted by Crippen LogP contribution is -2.28. The van der Waals surface area contributed by atoms with E-state index < -0.39 is 5.82 Å². The molecule has 0 radical (unpaired) electrons. The third kappa shape index (κ3) is 5.00. The summed E-state index contributed by atoms with van der Waals surface area (Å²) in [6.45, 7) is 0.527. The highest BCUT2D eigenvalue weighted by Crippen LogP contribution is 2.21. The largest absolute Gasteiger partial charge is 0.355 e. The van der Waals surface area contributed by atoms with E-state index in [2.05, 4.69) is 10.3 Å². The number of thioether (sulfide) groups is 1. The average Bonchev–Trinajstić information content (AvgIpc) is 2.79. The van der Waals surface area contributed by atoms with Gasteiger partial charge in [0, 0.05) is 6.54 Å². The van der Waals surface area contributed by atoms with Gasteiger partial charge in [0.25, 0.3) is 5.56 Å². The molecule has 0 saturated carbocycles. The number of carbonyl (C=O) groups is 1. The van der Waals surface area contributed by atoms with Gasteiger partial charge < -0.3 is 5.32 Å². The maximum atomic E-state index is 13.4. The number of hydrogen-bond acceptors (Lipinski definition) is 4. The molecule has 0 aliphatic rings. The van der Waals surface area contributed by atoms with E-state index >= 15 is 0 Å². The molecular weight excluding hydrogens is 413 g/mol. The van der Waals surface area contributed by atoms with Crippen molar-refractivity contribution in [3.63, 3.8) is 0 Å². The van der Waals surface area contributed by atoms with Gasteiger partial charge in [-0.1, -0.05) is 54.2 Å². The maximum absolute atomic E-state index is 13.4. The van der Waals surface area contributed by atoms with Gasteiger partial charge in [-0.15, -0.1) is 0 Å². The normalized spacial score (nSPS) is 10.9. The predicted molar refractivity (Wildman–Crippen MR) is 121 cm³/mol. The fourth-order valence-corrected chi connectivity index (χ4v) is 4.04. The molecule has 4 rings (SSSR count). The van der Waals surface area contributed by atoms with Crippen LogP contribution in [0.1, 0.15) is 5.56 Å². The first kappa shape index (κ1) is 20.8. The molecule has 31 heavy (non-hydrogen) atoms. The Bertz CT molecular complexity index is 1260. The monoisotopic (exact) mass is 433 g/mol. The minimum absolute atomic E-state index is 0.112. The zero-order chi connectivity index (χ0) is 21.6. The van der Waals surface area contributed by atoms with Crippen LogP contribution in [0.5, 0.6) is 0 Å². The Labute approximate surface area is 182 Å². The van der Waals surface area contributed by atoms with Crippen LogP contribution < -0.4 is 10.9 Å². The Balaban J connectivity index is 1.53. The van der Waals surface area contributed by atoms with Gasteiger partial charge in [-0.3, -0.25) is 14.2 Å². The summed E-state index contributed by atoms with van der Waals surface area (Å²) in [7, 11) is 0. The number of hydrogen-bond donors (Lipinski definition) is 1. The molecule has 5 nitrogen and oxygen atoms in total. The van der Waals surface area contributed by atoms with E-state index in [0.717, 1.165) is 12.0 Å². The van der Waals surface area contributed by atoms with Gasteiger partial charge >= 0.3 is 0 Å². The molecule has 1 aromatic heterocycles. The molecule has 0 unspecified atom stereocenters. The first-order valence-electron chi connectivity index (χ1n) is 9.83. The highest BCUT2D eigenvalue weighted by Gasteiger charge is 2.15. The van der Waals surface area contributed by atoms with Crippen molar-refractivity contribution in [3.8, 4) is 5.69 Å². The Morgan fingerprint density at radius 3 is 2.45 bits per heavy atom. The number of fused-ring (bicyclic) bond motifs is 1. The molecule has 0 aliphatic carbocycles. The Kier molecular flexibility index (Phi) is 6.43. The number of amides is 1. The molecule has 0 spiro atoms. The molecule has 1 N–H and O–H groups in total. The molecule has 156 valence electrons. The van der Waals surface area contributed by atoms with Crippen LogP contribution in [-0.4, -0.2) is 27.8 Å². The van der Waals surface area contributed by atoms with Crippen LogP contribution in [0.2, 0.25) is 0 Å². The molecule has 4 aromatic rings.